The molecule has 0 aliphatic rings. The molecule has 0 heterocycles. The Morgan fingerprint density at radius 1 is 1.29 bits per heavy atom. The van der Waals surface area contributed by atoms with Gasteiger partial charge < -0.3 is 10.2 Å². The highest BCUT2D eigenvalue weighted by Crippen LogP contribution is 2.22. The van der Waals surface area contributed by atoms with Crippen LogP contribution in [0.15, 0.2) is 24.3 Å². The second kappa shape index (κ2) is 5.49. The summed E-state index contributed by atoms with van der Waals surface area (Å²) in [6, 6.07) is 7.64. The molecular formula is C11H15BrO2. The van der Waals surface area contributed by atoms with E-state index in [1.54, 1.807) is 0 Å². The molecule has 0 saturated carbocycles. The van der Waals surface area contributed by atoms with Crippen molar-refractivity contribution in [2.75, 3.05) is 5.33 Å². The van der Waals surface area contributed by atoms with Crippen molar-refractivity contribution in [1.82, 2.24) is 0 Å². The molecule has 0 aromatic heterocycles. The van der Waals surface area contributed by atoms with Gasteiger partial charge in [-0.2, -0.15) is 0 Å². The van der Waals surface area contributed by atoms with Crippen LogP contribution in [0.2, 0.25) is 0 Å². The summed E-state index contributed by atoms with van der Waals surface area (Å²) in [4.78, 5) is 0. The van der Waals surface area contributed by atoms with Crippen molar-refractivity contribution in [2.45, 2.75) is 25.6 Å². The number of hydrogen-bond acceptors (Lipinski definition) is 2. The van der Waals surface area contributed by atoms with Crippen molar-refractivity contribution in [3.05, 3.63) is 35.4 Å². The van der Waals surface area contributed by atoms with E-state index in [2.05, 4.69) is 15.9 Å². The SMILES string of the molecule is CCc1ccccc1C(O)C(O)CBr. The molecule has 0 bridgehead atoms. The fourth-order valence-electron chi connectivity index (χ4n) is 1.44. The summed E-state index contributed by atoms with van der Waals surface area (Å²) in [5.74, 6) is 0. The molecule has 2 atom stereocenters. The third kappa shape index (κ3) is 2.56. The van der Waals surface area contributed by atoms with Crippen molar-refractivity contribution in [1.29, 1.82) is 0 Å². The second-order valence-electron chi connectivity index (χ2n) is 3.22. The largest absolute Gasteiger partial charge is 0.389 e. The molecule has 0 aliphatic carbocycles. The normalized spacial score (nSPS) is 15.1. The summed E-state index contributed by atoms with van der Waals surface area (Å²) in [5, 5.41) is 19.7. The summed E-state index contributed by atoms with van der Waals surface area (Å²) < 4.78 is 0. The molecule has 2 N–H and O–H groups in total. The fraction of sp³-hybridized carbons (Fsp3) is 0.455. The van der Waals surface area contributed by atoms with Gasteiger partial charge in [0, 0.05) is 5.33 Å². The first-order valence-corrected chi connectivity index (χ1v) is 5.82. The summed E-state index contributed by atoms with van der Waals surface area (Å²) in [7, 11) is 0. The van der Waals surface area contributed by atoms with Crippen LogP contribution in [0, 0.1) is 0 Å². The molecule has 0 fully saturated rings. The molecule has 0 saturated heterocycles. The first-order valence-electron chi connectivity index (χ1n) is 4.70. The number of aryl methyl sites for hydroxylation is 1. The minimum atomic E-state index is -0.800. The van der Waals surface area contributed by atoms with Crippen LogP contribution in [-0.2, 0) is 6.42 Å². The van der Waals surface area contributed by atoms with Crippen LogP contribution in [0.5, 0.6) is 0 Å². The lowest BCUT2D eigenvalue weighted by atomic mass is 9.98. The maximum atomic E-state index is 9.82. The monoisotopic (exact) mass is 258 g/mol. The lowest BCUT2D eigenvalue weighted by Crippen LogP contribution is -2.20. The van der Waals surface area contributed by atoms with E-state index in [1.807, 2.05) is 31.2 Å². The number of halogens is 1. The van der Waals surface area contributed by atoms with Gasteiger partial charge in [0.05, 0.1) is 6.10 Å². The average Bonchev–Trinajstić information content (AvgIpc) is 2.26. The Morgan fingerprint density at radius 3 is 2.50 bits per heavy atom. The van der Waals surface area contributed by atoms with Gasteiger partial charge in [0.2, 0.25) is 0 Å². The van der Waals surface area contributed by atoms with E-state index in [0.29, 0.717) is 5.33 Å². The quantitative estimate of drug-likeness (QED) is 0.812. The highest BCUT2D eigenvalue weighted by atomic mass is 79.9. The van der Waals surface area contributed by atoms with Gasteiger partial charge in [0.1, 0.15) is 6.10 Å². The maximum Gasteiger partial charge on any atom is 0.106 e. The second-order valence-corrected chi connectivity index (χ2v) is 3.87. The third-order valence-electron chi connectivity index (χ3n) is 2.28. The zero-order valence-electron chi connectivity index (χ0n) is 8.15. The van der Waals surface area contributed by atoms with Crippen LogP contribution in [0.3, 0.4) is 0 Å². The van der Waals surface area contributed by atoms with E-state index >= 15 is 0 Å². The number of rotatable bonds is 4. The van der Waals surface area contributed by atoms with Crippen molar-refractivity contribution >= 4 is 15.9 Å². The van der Waals surface area contributed by atoms with Crippen LogP contribution in [0.1, 0.15) is 24.2 Å². The van der Waals surface area contributed by atoms with E-state index in [0.717, 1.165) is 17.5 Å². The number of benzene rings is 1. The molecule has 2 nitrogen and oxygen atoms in total. The highest BCUT2D eigenvalue weighted by Gasteiger charge is 2.18. The van der Waals surface area contributed by atoms with E-state index < -0.39 is 12.2 Å². The van der Waals surface area contributed by atoms with Crippen molar-refractivity contribution in [3.63, 3.8) is 0 Å². The maximum absolute atomic E-state index is 9.82. The summed E-state index contributed by atoms with van der Waals surface area (Å²) in [6.07, 6.45) is -0.685. The van der Waals surface area contributed by atoms with Crippen LogP contribution in [0.25, 0.3) is 0 Å². The molecule has 2 unspecified atom stereocenters. The molecule has 1 aromatic rings. The van der Waals surface area contributed by atoms with Gasteiger partial charge in [0.25, 0.3) is 0 Å². The summed E-state index contributed by atoms with van der Waals surface area (Å²) in [5.41, 5.74) is 1.90. The Balaban J connectivity index is 2.93. The molecular weight excluding hydrogens is 244 g/mol. The lowest BCUT2D eigenvalue weighted by Gasteiger charge is -2.18. The van der Waals surface area contributed by atoms with E-state index in [1.165, 1.54) is 0 Å². The highest BCUT2D eigenvalue weighted by molar-refractivity contribution is 9.09. The summed E-state index contributed by atoms with van der Waals surface area (Å²) in [6.45, 7) is 2.03. The Morgan fingerprint density at radius 2 is 1.93 bits per heavy atom. The van der Waals surface area contributed by atoms with Gasteiger partial charge >= 0.3 is 0 Å². The van der Waals surface area contributed by atoms with Crippen molar-refractivity contribution < 1.29 is 10.2 Å². The first-order chi connectivity index (χ1) is 6.70. The van der Waals surface area contributed by atoms with Gasteiger partial charge in [-0.15, -0.1) is 0 Å². The van der Waals surface area contributed by atoms with Crippen molar-refractivity contribution in [2.24, 2.45) is 0 Å². The van der Waals surface area contributed by atoms with Gasteiger partial charge in [-0.25, -0.2) is 0 Å². The Hall–Kier alpha value is -0.380. The summed E-state index contributed by atoms with van der Waals surface area (Å²) >= 11 is 3.15. The van der Waals surface area contributed by atoms with E-state index in [-0.39, 0.29) is 0 Å². The minimum Gasteiger partial charge on any atom is -0.389 e. The number of aliphatic hydroxyl groups excluding tert-OH is 2. The number of hydrogen-bond donors (Lipinski definition) is 2. The molecule has 0 amide bonds. The van der Waals surface area contributed by atoms with Crippen molar-refractivity contribution in [3.8, 4) is 0 Å². The Labute approximate surface area is 92.7 Å². The number of alkyl halides is 1. The van der Waals surface area contributed by atoms with Crippen LogP contribution < -0.4 is 0 Å². The van der Waals surface area contributed by atoms with Gasteiger partial charge in [-0.05, 0) is 17.5 Å². The molecule has 1 rings (SSSR count). The third-order valence-corrected chi connectivity index (χ3v) is 2.94. The first kappa shape index (κ1) is 11.7. The molecule has 0 aliphatic heterocycles. The predicted octanol–water partition coefficient (Wildman–Crippen LogP) is 2.04. The van der Waals surface area contributed by atoms with Crippen LogP contribution in [-0.4, -0.2) is 21.6 Å². The molecule has 3 heteroatoms. The van der Waals surface area contributed by atoms with Gasteiger partial charge in [-0.1, -0.05) is 47.1 Å². The molecule has 1 aromatic carbocycles. The van der Waals surface area contributed by atoms with Gasteiger partial charge in [-0.3, -0.25) is 0 Å². The smallest absolute Gasteiger partial charge is 0.106 e. The molecule has 0 spiro atoms. The molecule has 78 valence electrons. The van der Waals surface area contributed by atoms with Crippen LogP contribution >= 0.6 is 15.9 Å². The topological polar surface area (TPSA) is 40.5 Å². The zero-order valence-corrected chi connectivity index (χ0v) is 9.74. The minimum absolute atomic E-state index is 0.381. The lowest BCUT2D eigenvalue weighted by molar-refractivity contribution is 0.0337. The Bertz CT molecular complexity index is 288. The Kier molecular flexibility index (Phi) is 4.58. The fourth-order valence-corrected chi connectivity index (χ4v) is 1.79. The molecule has 14 heavy (non-hydrogen) atoms. The average molecular weight is 259 g/mol. The van der Waals surface area contributed by atoms with E-state index in [9.17, 15) is 10.2 Å². The zero-order chi connectivity index (χ0) is 10.6. The van der Waals surface area contributed by atoms with E-state index in [4.69, 9.17) is 0 Å². The van der Waals surface area contributed by atoms with Crippen LogP contribution in [0.4, 0.5) is 0 Å². The number of aliphatic hydroxyl groups is 2. The predicted molar refractivity (Wildman–Crippen MR) is 60.6 cm³/mol. The molecule has 0 radical (unpaired) electrons. The van der Waals surface area contributed by atoms with Gasteiger partial charge in [0.15, 0.2) is 0 Å². The standard InChI is InChI=1S/C11H15BrO2/c1-2-8-5-3-4-6-9(8)11(14)10(13)7-12/h3-6,10-11,13-14H,2,7H2,1H3.